The maximum absolute atomic E-state index is 13.6. The number of carbonyl (C=O) groups is 1. The van der Waals surface area contributed by atoms with Crippen LogP contribution in [0.5, 0.6) is 5.75 Å². The number of benzene rings is 2. The van der Waals surface area contributed by atoms with Gasteiger partial charge in [0.1, 0.15) is 17.8 Å². The van der Waals surface area contributed by atoms with Crippen LogP contribution in [-0.2, 0) is 17.9 Å². The predicted octanol–water partition coefficient (Wildman–Crippen LogP) is 3.11. The first-order valence-corrected chi connectivity index (χ1v) is 10.8. The molecule has 3 aromatic rings. The van der Waals surface area contributed by atoms with Crippen molar-refractivity contribution in [2.75, 3.05) is 38.1 Å². The summed E-state index contributed by atoms with van der Waals surface area (Å²) in [7, 11) is 0. The van der Waals surface area contributed by atoms with Gasteiger partial charge >= 0.3 is 0 Å². The number of piperazine rings is 1. The summed E-state index contributed by atoms with van der Waals surface area (Å²) in [6.07, 6.45) is 1.22. The number of para-hydroxylation sites is 1. The second kappa shape index (κ2) is 10.9. The van der Waals surface area contributed by atoms with Crippen LogP contribution in [-0.4, -0.2) is 48.5 Å². The molecule has 7 nitrogen and oxygen atoms in total. The van der Waals surface area contributed by atoms with Gasteiger partial charge in [-0.1, -0.05) is 42.5 Å². The maximum atomic E-state index is 13.6. The van der Waals surface area contributed by atoms with Crippen LogP contribution in [0.25, 0.3) is 0 Å². The fourth-order valence-corrected chi connectivity index (χ4v) is 3.69. The van der Waals surface area contributed by atoms with Crippen LogP contribution in [0, 0.1) is 5.82 Å². The number of anilines is 1. The van der Waals surface area contributed by atoms with Crippen molar-refractivity contribution in [2.24, 2.45) is 0 Å². The molecule has 0 radical (unpaired) electrons. The van der Waals surface area contributed by atoms with Crippen molar-refractivity contribution in [1.29, 1.82) is 0 Å². The van der Waals surface area contributed by atoms with E-state index in [0.29, 0.717) is 12.3 Å². The van der Waals surface area contributed by atoms with Crippen LogP contribution in [0.15, 0.2) is 76.1 Å². The first-order chi connectivity index (χ1) is 16.1. The molecule has 33 heavy (non-hydrogen) atoms. The molecule has 2 heterocycles. The Bertz CT molecular complexity index is 1130. The van der Waals surface area contributed by atoms with Crippen molar-refractivity contribution in [3.8, 4) is 5.75 Å². The van der Waals surface area contributed by atoms with Gasteiger partial charge in [0.25, 0.3) is 5.91 Å². The average molecular weight is 451 g/mol. The summed E-state index contributed by atoms with van der Waals surface area (Å²) in [5.41, 5.74) is 0.991. The quantitative estimate of drug-likeness (QED) is 0.567. The minimum Gasteiger partial charge on any atom is -0.477 e. The monoisotopic (exact) mass is 451 g/mol. The van der Waals surface area contributed by atoms with E-state index in [9.17, 15) is 14.0 Å². The number of ether oxygens (including phenoxy) is 1. The highest BCUT2D eigenvalue weighted by atomic mass is 19.1. The molecule has 0 saturated carbocycles. The van der Waals surface area contributed by atoms with Crippen LogP contribution in [0.2, 0.25) is 0 Å². The smallest absolute Gasteiger partial charge is 0.262 e. The Morgan fingerprint density at radius 2 is 1.64 bits per heavy atom. The van der Waals surface area contributed by atoms with Crippen LogP contribution in [0.4, 0.5) is 10.1 Å². The third-order valence-electron chi connectivity index (χ3n) is 5.45. The Morgan fingerprint density at radius 3 is 2.33 bits per heavy atom. The molecule has 4 rings (SSSR count). The van der Waals surface area contributed by atoms with Gasteiger partial charge in [-0.05, 0) is 17.7 Å². The van der Waals surface area contributed by atoms with E-state index >= 15 is 0 Å². The highest BCUT2D eigenvalue weighted by Gasteiger charge is 2.18. The molecule has 1 fully saturated rings. The van der Waals surface area contributed by atoms with Gasteiger partial charge in [-0.25, -0.2) is 4.39 Å². The maximum Gasteiger partial charge on any atom is 0.262 e. The van der Waals surface area contributed by atoms with Gasteiger partial charge in [-0.2, -0.15) is 0 Å². The summed E-state index contributed by atoms with van der Waals surface area (Å²) in [4.78, 5) is 29.0. The number of nitrogens with one attached hydrogen (secondary N) is 1. The molecule has 172 valence electrons. The average Bonchev–Trinajstić information content (AvgIpc) is 2.82. The molecule has 0 spiro atoms. The number of rotatable bonds is 8. The predicted molar refractivity (Wildman–Crippen MR) is 122 cm³/mol. The molecular weight excluding hydrogens is 425 g/mol. The Hall–Kier alpha value is -3.49. The van der Waals surface area contributed by atoms with Gasteiger partial charge < -0.3 is 14.5 Å². The van der Waals surface area contributed by atoms with Crippen molar-refractivity contribution < 1.29 is 18.3 Å². The molecular formula is C25H26FN3O4. The van der Waals surface area contributed by atoms with E-state index in [1.54, 1.807) is 6.07 Å². The number of hydrogen-bond donors (Lipinski definition) is 1. The topological polar surface area (TPSA) is 75.0 Å². The molecule has 1 saturated heterocycles. The Kier molecular flexibility index (Phi) is 7.49. The van der Waals surface area contributed by atoms with Gasteiger partial charge in [-0.3, -0.25) is 19.4 Å². The fourth-order valence-electron chi connectivity index (χ4n) is 3.69. The lowest BCUT2D eigenvalue weighted by Gasteiger charge is -2.34. The molecule has 0 atom stereocenters. The lowest BCUT2D eigenvalue weighted by molar-refractivity contribution is -0.118. The van der Waals surface area contributed by atoms with Gasteiger partial charge in [-0.15, -0.1) is 0 Å². The normalized spacial score (nSPS) is 14.7. The highest BCUT2D eigenvalue weighted by Crippen LogP contribution is 2.14. The summed E-state index contributed by atoms with van der Waals surface area (Å²) in [6.45, 7) is 4.68. The van der Waals surface area contributed by atoms with E-state index in [1.165, 1.54) is 36.1 Å². The summed E-state index contributed by atoms with van der Waals surface area (Å²) < 4.78 is 24.4. The second-order valence-corrected chi connectivity index (χ2v) is 7.93. The van der Waals surface area contributed by atoms with Gasteiger partial charge in [0.2, 0.25) is 11.2 Å². The van der Waals surface area contributed by atoms with Gasteiger partial charge in [0.15, 0.2) is 6.61 Å². The van der Waals surface area contributed by atoms with Crippen LogP contribution >= 0.6 is 0 Å². The molecule has 8 heteroatoms. The molecule has 0 aliphatic carbocycles. The van der Waals surface area contributed by atoms with Crippen molar-refractivity contribution in [2.45, 2.75) is 13.1 Å². The van der Waals surface area contributed by atoms with Crippen molar-refractivity contribution in [3.63, 3.8) is 0 Å². The number of hydrogen-bond acceptors (Lipinski definition) is 6. The summed E-state index contributed by atoms with van der Waals surface area (Å²) >= 11 is 0. The molecule has 1 aromatic heterocycles. The number of nitrogens with zero attached hydrogens (tertiary/aromatic N) is 2. The second-order valence-electron chi connectivity index (χ2n) is 7.93. The third kappa shape index (κ3) is 6.50. The molecule has 2 aromatic carbocycles. The molecule has 1 N–H and O–H groups in total. The number of amides is 1. The van der Waals surface area contributed by atoms with Crippen LogP contribution < -0.4 is 15.5 Å². The Balaban J connectivity index is 1.24. The molecule has 0 bridgehead atoms. The molecule has 1 aliphatic heterocycles. The highest BCUT2D eigenvalue weighted by molar-refractivity contribution is 5.91. The SMILES string of the molecule is O=C(COc1coc(CN2CCN(Cc3ccccc3)CC2)cc1=O)Nc1ccccc1F. The van der Waals surface area contributed by atoms with E-state index in [-0.39, 0.29) is 16.9 Å². The summed E-state index contributed by atoms with van der Waals surface area (Å²) in [5.74, 6) is -0.637. The van der Waals surface area contributed by atoms with E-state index in [0.717, 1.165) is 32.7 Å². The molecule has 0 unspecified atom stereocenters. The summed E-state index contributed by atoms with van der Waals surface area (Å²) in [5, 5.41) is 2.40. The molecule has 1 amide bonds. The zero-order valence-corrected chi connectivity index (χ0v) is 18.2. The van der Waals surface area contributed by atoms with Gasteiger partial charge in [0.05, 0.1) is 12.2 Å². The van der Waals surface area contributed by atoms with E-state index in [4.69, 9.17) is 9.15 Å². The standard InChI is InChI=1S/C25H26FN3O4/c26-21-8-4-5-9-22(21)27-25(31)18-33-24-17-32-20(14-23(24)30)16-29-12-10-28(11-13-29)15-19-6-2-1-3-7-19/h1-9,14,17H,10-13,15-16,18H2,(H,27,31). The van der Waals surface area contributed by atoms with Crippen LogP contribution in [0.1, 0.15) is 11.3 Å². The van der Waals surface area contributed by atoms with Crippen molar-refractivity contribution in [1.82, 2.24) is 9.80 Å². The lowest BCUT2D eigenvalue weighted by atomic mass is 10.2. The number of halogens is 1. The minimum atomic E-state index is -0.572. The molecule has 1 aliphatic rings. The Labute approximate surface area is 191 Å². The van der Waals surface area contributed by atoms with Crippen LogP contribution in [0.3, 0.4) is 0 Å². The van der Waals surface area contributed by atoms with E-state index < -0.39 is 18.3 Å². The zero-order valence-electron chi connectivity index (χ0n) is 18.2. The lowest BCUT2D eigenvalue weighted by Crippen LogP contribution is -2.45. The summed E-state index contributed by atoms with van der Waals surface area (Å²) in [6, 6.07) is 17.6. The first-order valence-electron chi connectivity index (χ1n) is 10.8. The zero-order chi connectivity index (χ0) is 23.0. The first kappa shape index (κ1) is 22.7. The van der Waals surface area contributed by atoms with Crippen molar-refractivity contribution >= 4 is 11.6 Å². The minimum absolute atomic E-state index is 0.0531. The van der Waals surface area contributed by atoms with E-state index in [1.807, 2.05) is 6.07 Å². The number of carbonyl (C=O) groups excluding carboxylic acids is 1. The third-order valence-corrected chi connectivity index (χ3v) is 5.45. The fraction of sp³-hybridized carbons (Fsp3) is 0.280. The van der Waals surface area contributed by atoms with Crippen molar-refractivity contribution in [3.05, 3.63) is 94.3 Å². The Morgan fingerprint density at radius 1 is 0.970 bits per heavy atom. The van der Waals surface area contributed by atoms with E-state index in [2.05, 4.69) is 39.4 Å². The largest absolute Gasteiger partial charge is 0.477 e. The van der Waals surface area contributed by atoms with Gasteiger partial charge in [0, 0.05) is 38.8 Å².